The lowest BCUT2D eigenvalue weighted by Gasteiger charge is -2.56. The van der Waals surface area contributed by atoms with Gasteiger partial charge in [-0.25, -0.2) is 0 Å². The highest BCUT2D eigenvalue weighted by atomic mass is 16.5. The van der Waals surface area contributed by atoms with Crippen molar-refractivity contribution in [3.63, 3.8) is 0 Å². The Morgan fingerprint density at radius 3 is 2.59 bits per heavy atom. The Hall–Kier alpha value is -2.37. The van der Waals surface area contributed by atoms with E-state index in [1.54, 1.807) is 7.11 Å². The number of hydrogen-bond acceptors (Lipinski definition) is 4. The van der Waals surface area contributed by atoms with Crippen LogP contribution in [0.25, 0.3) is 0 Å². The molecular weight excluding hydrogens is 424 g/mol. The van der Waals surface area contributed by atoms with Crippen LogP contribution in [-0.4, -0.2) is 68.8 Å². The monoisotopic (exact) mass is 464 g/mol. The number of carbonyl (C=O) groups excluding carboxylic acids is 1. The van der Waals surface area contributed by atoms with Crippen molar-refractivity contribution < 1.29 is 14.3 Å². The number of amides is 1. The molecule has 4 unspecified atom stereocenters. The van der Waals surface area contributed by atoms with Crippen LogP contribution in [0.5, 0.6) is 5.75 Å². The van der Waals surface area contributed by atoms with Gasteiger partial charge in [0.15, 0.2) is 0 Å². The van der Waals surface area contributed by atoms with E-state index in [9.17, 15) is 4.79 Å². The van der Waals surface area contributed by atoms with Crippen molar-refractivity contribution in [1.29, 1.82) is 0 Å². The second-order valence-electron chi connectivity index (χ2n) is 10.6. The normalized spacial score (nSPS) is 27.3. The predicted octanol–water partition coefficient (Wildman–Crippen LogP) is 4.86. The molecule has 1 aliphatic carbocycles. The zero-order valence-corrected chi connectivity index (χ0v) is 21.4. The van der Waals surface area contributed by atoms with Crippen LogP contribution < -0.4 is 4.74 Å². The Balaban J connectivity index is 1.77. The molecule has 1 amide bonds. The number of likely N-dealkylation sites (tertiary alicyclic amines) is 1. The number of fused-ring (bicyclic) bond motifs is 1. The fourth-order valence-corrected chi connectivity index (χ4v) is 6.29. The summed E-state index contributed by atoms with van der Waals surface area (Å²) in [7, 11) is 5.77. The van der Waals surface area contributed by atoms with Crippen molar-refractivity contribution in [1.82, 2.24) is 9.80 Å². The molecule has 2 aromatic carbocycles. The van der Waals surface area contributed by atoms with Crippen molar-refractivity contribution in [2.24, 2.45) is 11.8 Å². The molecule has 34 heavy (non-hydrogen) atoms. The SMILES string of the molecule is COc1cccc(C23CCN(C)CC2C(OC)CC(N(CC(C)C)C(=O)c2ccccc2)C3)c1. The number of hydrogen-bond donors (Lipinski definition) is 0. The average molecular weight is 465 g/mol. The number of rotatable bonds is 7. The van der Waals surface area contributed by atoms with Gasteiger partial charge in [-0.3, -0.25) is 4.79 Å². The maximum Gasteiger partial charge on any atom is 0.254 e. The summed E-state index contributed by atoms with van der Waals surface area (Å²) < 4.78 is 11.8. The number of piperidine rings is 1. The van der Waals surface area contributed by atoms with Crippen molar-refractivity contribution in [2.45, 2.75) is 50.7 Å². The molecule has 184 valence electrons. The van der Waals surface area contributed by atoms with Gasteiger partial charge in [0.25, 0.3) is 5.91 Å². The van der Waals surface area contributed by atoms with Crippen LogP contribution in [0.3, 0.4) is 0 Å². The van der Waals surface area contributed by atoms with E-state index in [2.05, 4.69) is 48.9 Å². The lowest BCUT2D eigenvalue weighted by atomic mass is 9.56. The molecule has 5 heteroatoms. The summed E-state index contributed by atoms with van der Waals surface area (Å²) in [5.41, 5.74) is 2.02. The van der Waals surface area contributed by atoms with Crippen LogP contribution >= 0.6 is 0 Å². The molecule has 0 radical (unpaired) electrons. The molecule has 0 bridgehead atoms. The van der Waals surface area contributed by atoms with E-state index >= 15 is 0 Å². The van der Waals surface area contributed by atoms with Gasteiger partial charge in [0, 0.05) is 43.1 Å². The first-order valence-electron chi connectivity index (χ1n) is 12.6. The molecule has 2 fully saturated rings. The summed E-state index contributed by atoms with van der Waals surface area (Å²) in [6, 6.07) is 18.4. The Morgan fingerprint density at radius 2 is 1.91 bits per heavy atom. The van der Waals surface area contributed by atoms with E-state index in [0.717, 1.165) is 50.2 Å². The van der Waals surface area contributed by atoms with Gasteiger partial charge in [0.05, 0.1) is 13.2 Å². The van der Waals surface area contributed by atoms with Crippen molar-refractivity contribution in [3.05, 3.63) is 65.7 Å². The van der Waals surface area contributed by atoms with E-state index in [0.29, 0.717) is 11.8 Å². The molecule has 1 heterocycles. The number of carbonyl (C=O) groups is 1. The predicted molar refractivity (Wildman–Crippen MR) is 136 cm³/mol. The molecule has 4 rings (SSSR count). The molecule has 1 saturated heterocycles. The highest BCUT2D eigenvalue weighted by Crippen LogP contribution is 2.51. The maximum atomic E-state index is 13.8. The van der Waals surface area contributed by atoms with E-state index in [4.69, 9.17) is 9.47 Å². The standard InChI is InChI=1S/C29H40N2O3/c1-21(2)19-31(28(32)22-10-7-6-8-11-22)24-17-27(34-5)26-20-30(3)15-14-29(26,18-24)23-12-9-13-25(16-23)33-4/h6-13,16,21,24,26-27H,14-15,17-20H2,1-5H3. The second-order valence-corrected chi connectivity index (χ2v) is 10.6. The van der Waals surface area contributed by atoms with Crippen LogP contribution in [0.4, 0.5) is 0 Å². The van der Waals surface area contributed by atoms with Crippen molar-refractivity contribution in [2.75, 3.05) is 40.9 Å². The first-order chi connectivity index (χ1) is 16.4. The molecule has 2 aliphatic rings. The molecule has 0 aromatic heterocycles. The number of benzene rings is 2. The van der Waals surface area contributed by atoms with Crippen LogP contribution in [0.1, 0.15) is 49.0 Å². The minimum absolute atomic E-state index is 0.0587. The topological polar surface area (TPSA) is 42.0 Å². The largest absolute Gasteiger partial charge is 0.497 e. The minimum Gasteiger partial charge on any atom is -0.497 e. The van der Waals surface area contributed by atoms with Crippen molar-refractivity contribution in [3.8, 4) is 5.75 Å². The van der Waals surface area contributed by atoms with Gasteiger partial charge in [-0.15, -0.1) is 0 Å². The first kappa shape index (κ1) is 24.7. The smallest absolute Gasteiger partial charge is 0.254 e. The summed E-state index contributed by atoms with van der Waals surface area (Å²) in [4.78, 5) is 18.4. The zero-order chi connectivity index (χ0) is 24.3. The lowest BCUT2D eigenvalue weighted by molar-refractivity contribution is -0.0783. The molecule has 4 atom stereocenters. The van der Waals surface area contributed by atoms with Crippen LogP contribution in [0.2, 0.25) is 0 Å². The van der Waals surface area contributed by atoms with Crippen LogP contribution in [0.15, 0.2) is 54.6 Å². The summed E-state index contributed by atoms with van der Waals surface area (Å²) in [5, 5.41) is 0. The molecular formula is C29H40N2O3. The third-order valence-corrected chi connectivity index (χ3v) is 7.94. The first-order valence-corrected chi connectivity index (χ1v) is 12.6. The number of ether oxygens (including phenoxy) is 2. The quantitative estimate of drug-likeness (QED) is 0.587. The van der Waals surface area contributed by atoms with E-state index in [1.807, 2.05) is 43.5 Å². The summed E-state index contributed by atoms with van der Waals surface area (Å²) in [6.07, 6.45) is 2.95. The Bertz CT molecular complexity index is 963. The fraction of sp³-hybridized carbons (Fsp3) is 0.552. The van der Waals surface area contributed by atoms with E-state index in [-0.39, 0.29) is 23.5 Å². The van der Waals surface area contributed by atoms with Crippen molar-refractivity contribution >= 4 is 5.91 Å². The number of nitrogens with zero attached hydrogens (tertiary/aromatic N) is 2. The van der Waals surface area contributed by atoms with Gasteiger partial charge in [-0.2, -0.15) is 0 Å². The van der Waals surface area contributed by atoms with Gasteiger partial charge in [0.2, 0.25) is 0 Å². The minimum atomic E-state index is -0.0587. The molecule has 0 spiro atoms. The lowest BCUT2D eigenvalue weighted by Crippen LogP contribution is -2.61. The van der Waals surface area contributed by atoms with Gasteiger partial charge in [-0.05, 0) is 68.6 Å². The molecule has 5 nitrogen and oxygen atoms in total. The summed E-state index contributed by atoms with van der Waals surface area (Å²) in [5.74, 6) is 1.77. The molecule has 2 aromatic rings. The molecule has 0 N–H and O–H groups in total. The fourth-order valence-electron chi connectivity index (χ4n) is 6.29. The number of methoxy groups -OCH3 is 2. The van der Waals surface area contributed by atoms with Gasteiger partial charge < -0.3 is 19.3 Å². The average Bonchev–Trinajstić information content (AvgIpc) is 2.86. The Kier molecular flexibility index (Phi) is 7.63. The highest BCUT2D eigenvalue weighted by molar-refractivity contribution is 5.94. The summed E-state index contributed by atoms with van der Waals surface area (Å²) >= 11 is 0. The Labute approximate surface area is 205 Å². The Morgan fingerprint density at radius 1 is 1.15 bits per heavy atom. The van der Waals surface area contributed by atoms with E-state index in [1.165, 1.54) is 5.56 Å². The van der Waals surface area contributed by atoms with Gasteiger partial charge in [-0.1, -0.05) is 44.2 Å². The third-order valence-electron chi connectivity index (χ3n) is 7.94. The zero-order valence-electron chi connectivity index (χ0n) is 21.4. The van der Waals surface area contributed by atoms with Gasteiger partial charge in [0.1, 0.15) is 5.75 Å². The highest BCUT2D eigenvalue weighted by Gasteiger charge is 2.53. The van der Waals surface area contributed by atoms with Crippen LogP contribution in [0, 0.1) is 11.8 Å². The maximum absolute atomic E-state index is 13.8. The van der Waals surface area contributed by atoms with Crippen LogP contribution in [-0.2, 0) is 10.2 Å². The third kappa shape index (κ3) is 4.87. The second kappa shape index (κ2) is 10.5. The van der Waals surface area contributed by atoms with Gasteiger partial charge >= 0.3 is 0 Å². The molecule has 1 aliphatic heterocycles. The summed E-state index contributed by atoms with van der Waals surface area (Å²) in [6.45, 7) is 7.16. The molecule has 1 saturated carbocycles. The van der Waals surface area contributed by atoms with E-state index < -0.39 is 0 Å².